The number of aryl methyl sites for hydroxylation is 1. The third kappa shape index (κ3) is 2.28. The quantitative estimate of drug-likeness (QED) is 0.736. The van der Waals surface area contributed by atoms with E-state index >= 15 is 0 Å². The first-order valence-corrected chi connectivity index (χ1v) is 7.01. The van der Waals surface area contributed by atoms with Crippen molar-refractivity contribution in [2.45, 2.75) is 51.9 Å². The topological polar surface area (TPSA) is 40.9 Å². The Morgan fingerprint density at radius 3 is 2.53 bits per heavy atom. The van der Waals surface area contributed by atoms with E-state index < -0.39 is 0 Å². The lowest BCUT2D eigenvalue weighted by Gasteiger charge is -2.22. The van der Waals surface area contributed by atoms with Gasteiger partial charge < -0.3 is 0 Å². The molecule has 0 saturated heterocycles. The van der Waals surface area contributed by atoms with Crippen molar-refractivity contribution in [2.75, 3.05) is 0 Å². The summed E-state index contributed by atoms with van der Waals surface area (Å²) in [5.74, 6) is 0.544. The highest BCUT2D eigenvalue weighted by Gasteiger charge is 2.26. The van der Waals surface area contributed by atoms with Crippen LogP contribution in [-0.2, 0) is 0 Å². The van der Waals surface area contributed by atoms with Gasteiger partial charge in [-0.3, -0.25) is 4.79 Å². The monoisotopic (exact) mass is 247 g/mol. The zero-order valence-electron chi connectivity index (χ0n) is 10.4. The SMILES string of the molecule is CC(=O)c1sc(C)c(C#N)c1C1CCCCC1. The highest BCUT2D eigenvalue weighted by Crippen LogP contribution is 2.40. The molecule has 0 spiro atoms. The van der Waals surface area contributed by atoms with Crippen LogP contribution in [0.4, 0.5) is 0 Å². The van der Waals surface area contributed by atoms with E-state index in [0.29, 0.717) is 5.92 Å². The molecule has 0 amide bonds. The number of hydrogen-bond donors (Lipinski definition) is 0. The Morgan fingerprint density at radius 2 is 2.00 bits per heavy atom. The molecule has 0 radical (unpaired) electrons. The summed E-state index contributed by atoms with van der Waals surface area (Å²) in [6, 6.07) is 2.29. The van der Waals surface area contributed by atoms with Gasteiger partial charge in [0.1, 0.15) is 6.07 Å². The summed E-state index contributed by atoms with van der Waals surface area (Å²) in [5.41, 5.74) is 1.83. The third-order valence-corrected chi connectivity index (χ3v) is 4.79. The summed E-state index contributed by atoms with van der Waals surface area (Å²) < 4.78 is 0. The molecular formula is C14H17NOS. The standard InChI is InChI=1S/C14H17NOS/c1-9(16)14-13(11-6-4-3-5-7-11)12(8-15)10(2)17-14/h11H,3-7H2,1-2H3. The molecule has 17 heavy (non-hydrogen) atoms. The average molecular weight is 247 g/mol. The molecule has 2 nitrogen and oxygen atoms in total. The molecule has 90 valence electrons. The largest absolute Gasteiger partial charge is 0.294 e. The molecule has 1 heterocycles. The van der Waals surface area contributed by atoms with Crippen LogP contribution in [-0.4, -0.2) is 5.78 Å². The summed E-state index contributed by atoms with van der Waals surface area (Å²) in [6.07, 6.45) is 6.00. The predicted octanol–water partition coefficient (Wildman–Crippen LogP) is 4.18. The van der Waals surface area contributed by atoms with Gasteiger partial charge in [-0.25, -0.2) is 0 Å². The van der Waals surface area contributed by atoms with Crippen molar-refractivity contribution >= 4 is 17.1 Å². The van der Waals surface area contributed by atoms with Crippen molar-refractivity contribution in [1.29, 1.82) is 5.26 Å². The van der Waals surface area contributed by atoms with E-state index in [0.717, 1.165) is 33.7 Å². The number of nitriles is 1. The molecule has 1 aliphatic carbocycles. The van der Waals surface area contributed by atoms with E-state index in [-0.39, 0.29) is 5.78 Å². The molecule has 0 aliphatic heterocycles. The molecule has 0 unspecified atom stereocenters. The molecule has 0 bridgehead atoms. The van der Waals surface area contributed by atoms with Crippen molar-refractivity contribution in [3.05, 3.63) is 20.9 Å². The lowest BCUT2D eigenvalue weighted by molar-refractivity contribution is 0.102. The maximum Gasteiger partial charge on any atom is 0.170 e. The normalized spacial score (nSPS) is 16.8. The second-order valence-electron chi connectivity index (χ2n) is 4.78. The smallest absolute Gasteiger partial charge is 0.170 e. The van der Waals surface area contributed by atoms with Crippen molar-refractivity contribution in [3.8, 4) is 6.07 Å². The van der Waals surface area contributed by atoms with Gasteiger partial charge in [-0.2, -0.15) is 5.26 Å². The Balaban J connectivity index is 2.49. The van der Waals surface area contributed by atoms with Gasteiger partial charge in [0.15, 0.2) is 5.78 Å². The summed E-state index contributed by atoms with van der Waals surface area (Å²) in [4.78, 5) is 13.5. The molecule has 0 atom stereocenters. The molecule has 0 aromatic carbocycles. The predicted molar refractivity (Wildman–Crippen MR) is 69.6 cm³/mol. The second-order valence-corrected chi connectivity index (χ2v) is 6.00. The minimum atomic E-state index is 0.111. The van der Waals surface area contributed by atoms with Gasteiger partial charge in [-0.05, 0) is 38.2 Å². The summed E-state index contributed by atoms with van der Waals surface area (Å²) >= 11 is 1.50. The first-order valence-electron chi connectivity index (χ1n) is 6.19. The van der Waals surface area contributed by atoms with E-state index in [9.17, 15) is 10.1 Å². The van der Waals surface area contributed by atoms with Gasteiger partial charge in [0.25, 0.3) is 0 Å². The number of carbonyl (C=O) groups excluding carboxylic acids is 1. The molecule has 1 saturated carbocycles. The Bertz CT molecular complexity index is 475. The molecule has 1 aromatic rings. The highest BCUT2D eigenvalue weighted by atomic mass is 32.1. The number of Topliss-reactive ketones (excluding diaryl/α,β-unsaturated/α-hetero) is 1. The number of ketones is 1. The van der Waals surface area contributed by atoms with E-state index in [1.54, 1.807) is 6.92 Å². The zero-order valence-corrected chi connectivity index (χ0v) is 11.2. The summed E-state index contributed by atoms with van der Waals surface area (Å²) in [7, 11) is 0. The number of hydrogen-bond acceptors (Lipinski definition) is 3. The van der Waals surface area contributed by atoms with Gasteiger partial charge in [-0.1, -0.05) is 19.3 Å². The number of carbonyl (C=O) groups is 1. The lowest BCUT2D eigenvalue weighted by Crippen LogP contribution is -2.08. The van der Waals surface area contributed by atoms with E-state index in [1.807, 2.05) is 6.92 Å². The van der Waals surface area contributed by atoms with Gasteiger partial charge in [-0.15, -0.1) is 11.3 Å². The van der Waals surface area contributed by atoms with Crippen molar-refractivity contribution in [1.82, 2.24) is 0 Å². The number of thiophene rings is 1. The van der Waals surface area contributed by atoms with Crippen LogP contribution in [0, 0.1) is 18.3 Å². The fraction of sp³-hybridized carbons (Fsp3) is 0.571. The lowest BCUT2D eigenvalue weighted by atomic mass is 9.82. The molecule has 1 aliphatic rings. The zero-order chi connectivity index (χ0) is 12.4. The van der Waals surface area contributed by atoms with Crippen LogP contribution in [0.1, 0.15) is 70.6 Å². The van der Waals surface area contributed by atoms with Crippen LogP contribution >= 0.6 is 11.3 Å². The summed E-state index contributed by atoms with van der Waals surface area (Å²) in [6.45, 7) is 3.56. The molecule has 2 rings (SSSR count). The van der Waals surface area contributed by atoms with Gasteiger partial charge >= 0.3 is 0 Å². The van der Waals surface area contributed by atoms with Gasteiger partial charge in [0, 0.05) is 4.88 Å². The minimum Gasteiger partial charge on any atom is -0.294 e. The van der Waals surface area contributed by atoms with E-state index in [4.69, 9.17) is 0 Å². The van der Waals surface area contributed by atoms with Gasteiger partial charge in [0.05, 0.1) is 10.4 Å². The molecular weight excluding hydrogens is 230 g/mol. The van der Waals surface area contributed by atoms with Crippen LogP contribution < -0.4 is 0 Å². The molecule has 3 heteroatoms. The van der Waals surface area contributed by atoms with E-state index in [1.165, 1.54) is 30.6 Å². The van der Waals surface area contributed by atoms with Crippen LogP contribution in [0.25, 0.3) is 0 Å². The number of rotatable bonds is 2. The third-order valence-electron chi connectivity index (χ3n) is 3.57. The Kier molecular flexibility index (Phi) is 3.63. The maximum atomic E-state index is 11.7. The Labute approximate surface area is 106 Å². The minimum absolute atomic E-state index is 0.111. The van der Waals surface area contributed by atoms with Crippen molar-refractivity contribution in [2.24, 2.45) is 0 Å². The summed E-state index contributed by atoms with van der Waals surface area (Å²) in [5, 5.41) is 9.27. The van der Waals surface area contributed by atoms with Crippen LogP contribution in [0.5, 0.6) is 0 Å². The maximum absolute atomic E-state index is 11.7. The van der Waals surface area contributed by atoms with Crippen LogP contribution in [0.2, 0.25) is 0 Å². The van der Waals surface area contributed by atoms with Crippen molar-refractivity contribution in [3.63, 3.8) is 0 Å². The molecule has 0 N–H and O–H groups in total. The van der Waals surface area contributed by atoms with E-state index in [2.05, 4.69) is 6.07 Å². The second kappa shape index (κ2) is 5.01. The van der Waals surface area contributed by atoms with Crippen molar-refractivity contribution < 1.29 is 4.79 Å². The van der Waals surface area contributed by atoms with Crippen LogP contribution in [0.15, 0.2) is 0 Å². The molecule has 1 fully saturated rings. The highest BCUT2D eigenvalue weighted by molar-refractivity contribution is 7.14. The Hall–Kier alpha value is -1.14. The van der Waals surface area contributed by atoms with Gasteiger partial charge in [0.2, 0.25) is 0 Å². The first-order chi connectivity index (χ1) is 8.15. The molecule has 1 aromatic heterocycles. The number of nitrogens with zero attached hydrogens (tertiary/aromatic N) is 1. The fourth-order valence-corrected chi connectivity index (χ4v) is 3.83. The first kappa shape index (κ1) is 12.3. The average Bonchev–Trinajstić information content (AvgIpc) is 2.67. The fourth-order valence-electron chi connectivity index (χ4n) is 2.74. The Morgan fingerprint density at radius 1 is 1.35 bits per heavy atom. The van der Waals surface area contributed by atoms with Crippen LogP contribution in [0.3, 0.4) is 0 Å².